The highest BCUT2D eigenvalue weighted by molar-refractivity contribution is 8.00. The second-order valence-electron chi connectivity index (χ2n) is 5.34. The van der Waals surface area contributed by atoms with Gasteiger partial charge in [-0.15, -0.1) is 0 Å². The second-order valence-corrected chi connectivity index (χ2v) is 6.61. The number of amides is 2. The van der Waals surface area contributed by atoms with Crippen molar-refractivity contribution >= 4 is 29.7 Å². The summed E-state index contributed by atoms with van der Waals surface area (Å²) in [6.07, 6.45) is 1.25. The van der Waals surface area contributed by atoms with Gasteiger partial charge >= 0.3 is 18.0 Å². The van der Waals surface area contributed by atoms with Crippen LogP contribution in [-0.4, -0.2) is 52.3 Å². The van der Waals surface area contributed by atoms with Gasteiger partial charge in [-0.05, 0) is 19.8 Å². The van der Waals surface area contributed by atoms with Gasteiger partial charge in [-0.1, -0.05) is 6.42 Å². The average molecular weight is 316 g/mol. The molecule has 0 bridgehead atoms. The Kier molecular flexibility index (Phi) is 5.46. The van der Waals surface area contributed by atoms with E-state index in [1.165, 1.54) is 6.92 Å². The topological polar surface area (TPSA) is 105 Å². The Balaban J connectivity index is 1.61. The fourth-order valence-electron chi connectivity index (χ4n) is 2.51. The number of thioether (sulfide) groups is 1. The van der Waals surface area contributed by atoms with Crippen molar-refractivity contribution in [2.24, 2.45) is 0 Å². The minimum atomic E-state index is -1.28. The molecule has 2 aliphatic heterocycles. The number of hydrogen-bond donors (Lipinski definition) is 3. The quantitative estimate of drug-likeness (QED) is 0.279. The van der Waals surface area contributed by atoms with Gasteiger partial charge in [0.25, 0.3) is 0 Å². The summed E-state index contributed by atoms with van der Waals surface area (Å²) in [5.41, 5.74) is 0. The van der Waals surface area contributed by atoms with Gasteiger partial charge in [0.05, 0.1) is 12.1 Å². The largest absolute Gasteiger partial charge is 0.391 e. The first kappa shape index (κ1) is 16.1. The van der Waals surface area contributed by atoms with Gasteiger partial charge in [0.2, 0.25) is 0 Å². The van der Waals surface area contributed by atoms with Gasteiger partial charge < -0.3 is 20.5 Å². The first-order valence-electron chi connectivity index (χ1n) is 7.08. The molecule has 2 heterocycles. The summed E-state index contributed by atoms with van der Waals surface area (Å²) in [5.74, 6) is -0.596. The maximum atomic E-state index is 11.4. The van der Waals surface area contributed by atoms with Crippen LogP contribution in [0.5, 0.6) is 0 Å². The Morgan fingerprint density at radius 1 is 1.43 bits per heavy atom. The zero-order chi connectivity index (χ0) is 15.4. The van der Waals surface area contributed by atoms with Crippen LogP contribution in [0.3, 0.4) is 0 Å². The van der Waals surface area contributed by atoms with Crippen molar-refractivity contribution in [3.05, 3.63) is 0 Å². The van der Waals surface area contributed by atoms with Gasteiger partial charge in [-0.3, -0.25) is 4.79 Å². The third-order valence-electron chi connectivity index (χ3n) is 3.61. The molecule has 2 saturated heterocycles. The molecular formula is C13H20N2O5S. The Labute approximate surface area is 127 Å². The molecule has 0 radical (unpaired) electrons. The molecule has 1 unspecified atom stereocenters. The third kappa shape index (κ3) is 4.34. The number of fused-ring (bicyclic) bond motifs is 1. The number of carbonyl (C=O) groups excluding carboxylic acids is 3. The minimum Gasteiger partial charge on any atom is -0.391 e. The van der Waals surface area contributed by atoms with E-state index in [0.29, 0.717) is 11.7 Å². The summed E-state index contributed by atoms with van der Waals surface area (Å²) in [6, 6.07) is 0.280. The van der Waals surface area contributed by atoms with Crippen LogP contribution in [0.25, 0.3) is 0 Å². The highest BCUT2D eigenvalue weighted by atomic mass is 32.2. The Bertz CT molecular complexity index is 429. The van der Waals surface area contributed by atoms with E-state index in [4.69, 9.17) is 5.11 Å². The van der Waals surface area contributed by atoms with Gasteiger partial charge in [-0.2, -0.15) is 11.8 Å². The van der Waals surface area contributed by atoms with E-state index in [-0.39, 0.29) is 24.5 Å². The van der Waals surface area contributed by atoms with Gasteiger partial charge in [0.1, 0.15) is 6.10 Å². The molecule has 0 aromatic rings. The van der Waals surface area contributed by atoms with Crippen LogP contribution in [0.4, 0.5) is 4.79 Å². The molecule has 0 aliphatic carbocycles. The number of aliphatic hydroxyl groups is 1. The number of carbonyl (C=O) groups is 3. The van der Waals surface area contributed by atoms with Crippen LogP contribution in [0.1, 0.15) is 32.6 Å². The zero-order valence-electron chi connectivity index (χ0n) is 11.8. The second kappa shape index (κ2) is 7.13. The molecule has 0 saturated carbocycles. The molecular weight excluding hydrogens is 296 g/mol. The summed E-state index contributed by atoms with van der Waals surface area (Å²) in [7, 11) is 0. The van der Waals surface area contributed by atoms with Crippen LogP contribution in [-0.2, 0) is 14.3 Å². The van der Waals surface area contributed by atoms with Crippen molar-refractivity contribution in [3.8, 4) is 0 Å². The lowest BCUT2D eigenvalue weighted by Crippen LogP contribution is -2.36. The summed E-state index contributed by atoms with van der Waals surface area (Å²) in [6.45, 7) is 1.26. The standard InChI is InChI=1S/C13H20N2O5S/c1-7(16)12(18)20-10(17)5-3-2-4-9-11-8(6-21-9)14-13(19)15-11/h7-9,11,16H,2-6H2,1H3,(H2,14,15,19)/t7?,8-,9-,11-/m0/s1. The highest BCUT2D eigenvalue weighted by Crippen LogP contribution is 2.33. The fraction of sp³-hybridized carbons (Fsp3) is 0.769. The van der Waals surface area contributed by atoms with Crippen LogP contribution in [0, 0.1) is 0 Å². The predicted octanol–water partition coefficient (Wildman–Crippen LogP) is 0.163. The third-order valence-corrected chi connectivity index (χ3v) is 5.12. The molecule has 21 heavy (non-hydrogen) atoms. The summed E-state index contributed by atoms with van der Waals surface area (Å²) < 4.78 is 4.47. The van der Waals surface area contributed by atoms with E-state index in [1.807, 2.05) is 11.8 Å². The Morgan fingerprint density at radius 2 is 2.19 bits per heavy atom. The van der Waals surface area contributed by atoms with E-state index in [0.717, 1.165) is 18.6 Å². The summed E-state index contributed by atoms with van der Waals surface area (Å²) in [4.78, 5) is 33.6. The molecule has 7 nitrogen and oxygen atoms in total. The number of nitrogens with one attached hydrogen (secondary N) is 2. The first-order chi connectivity index (χ1) is 9.97. The Morgan fingerprint density at radius 3 is 2.90 bits per heavy atom. The molecule has 118 valence electrons. The molecule has 8 heteroatoms. The van der Waals surface area contributed by atoms with Crippen molar-refractivity contribution in [1.29, 1.82) is 0 Å². The summed E-state index contributed by atoms with van der Waals surface area (Å²) in [5, 5.41) is 15.1. The van der Waals surface area contributed by atoms with Gasteiger partial charge in [-0.25, -0.2) is 9.59 Å². The zero-order valence-corrected chi connectivity index (χ0v) is 12.6. The fourth-order valence-corrected chi connectivity index (χ4v) is 4.05. The predicted molar refractivity (Wildman–Crippen MR) is 76.7 cm³/mol. The molecule has 2 aliphatic rings. The monoisotopic (exact) mass is 316 g/mol. The van der Waals surface area contributed by atoms with E-state index < -0.39 is 18.0 Å². The maximum absolute atomic E-state index is 11.4. The number of ether oxygens (including phenoxy) is 1. The van der Waals surface area contributed by atoms with E-state index in [2.05, 4.69) is 15.4 Å². The number of unbranched alkanes of at least 4 members (excludes halogenated alkanes) is 1. The van der Waals surface area contributed by atoms with Gasteiger partial charge in [0.15, 0.2) is 0 Å². The van der Waals surface area contributed by atoms with E-state index in [1.54, 1.807) is 0 Å². The normalized spacial score (nSPS) is 28.5. The average Bonchev–Trinajstić information content (AvgIpc) is 2.94. The highest BCUT2D eigenvalue weighted by Gasteiger charge is 2.42. The van der Waals surface area contributed by atoms with Crippen LogP contribution >= 0.6 is 11.8 Å². The molecule has 2 fully saturated rings. The molecule has 2 amide bonds. The molecule has 3 N–H and O–H groups in total. The van der Waals surface area contributed by atoms with E-state index >= 15 is 0 Å². The lowest BCUT2D eigenvalue weighted by atomic mass is 10.0. The molecule has 0 spiro atoms. The van der Waals surface area contributed by atoms with Crippen molar-refractivity contribution in [3.63, 3.8) is 0 Å². The van der Waals surface area contributed by atoms with Crippen molar-refractivity contribution in [1.82, 2.24) is 10.6 Å². The first-order valence-corrected chi connectivity index (χ1v) is 8.13. The lowest BCUT2D eigenvalue weighted by Gasteiger charge is -2.16. The van der Waals surface area contributed by atoms with Gasteiger partial charge in [0, 0.05) is 17.4 Å². The number of rotatable bonds is 6. The number of hydrogen-bond acceptors (Lipinski definition) is 6. The smallest absolute Gasteiger partial charge is 0.342 e. The van der Waals surface area contributed by atoms with E-state index in [9.17, 15) is 14.4 Å². The number of urea groups is 1. The van der Waals surface area contributed by atoms with Crippen molar-refractivity contribution in [2.45, 2.75) is 56.0 Å². The minimum absolute atomic E-state index is 0.101. The maximum Gasteiger partial charge on any atom is 0.342 e. The van der Waals surface area contributed by atoms with Crippen LogP contribution in [0.15, 0.2) is 0 Å². The lowest BCUT2D eigenvalue weighted by molar-refractivity contribution is -0.165. The molecule has 2 rings (SSSR count). The number of aliphatic hydroxyl groups excluding tert-OH is 1. The van der Waals surface area contributed by atoms with Crippen molar-refractivity contribution < 1.29 is 24.2 Å². The Hall–Kier alpha value is -1.28. The van der Waals surface area contributed by atoms with Crippen LogP contribution in [0.2, 0.25) is 0 Å². The van der Waals surface area contributed by atoms with Crippen LogP contribution < -0.4 is 10.6 Å². The number of esters is 2. The molecule has 0 aromatic carbocycles. The van der Waals surface area contributed by atoms with Crippen molar-refractivity contribution in [2.75, 3.05) is 5.75 Å². The molecule has 0 aromatic heterocycles. The molecule has 4 atom stereocenters. The SMILES string of the molecule is CC(O)C(=O)OC(=O)CCCC[C@@H]1SC[C@@H]2NC(=O)N[C@@H]21. The summed E-state index contributed by atoms with van der Waals surface area (Å²) >= 11 is 1.83.